The van der Waals surface area contributed by atoms with Crippen molar-refractivity contribution in [1.29, 1.82) is 0 Å². The van der Waals surface area contributed by atoms with E-state index in [0.29, 0.717) is 16.8 Å². The van der Waals surface area contributed by atoms with Gasteiger partial charge in [0.25, 0.3) is 5.91 Å². The summed E-state index contributed by atoms with van der Waals surface area (Å²) >= 11 is 0. The third-order valence-electron chi connectivity index (χ3n) is 2.91. The lowest BCUT2D eigenvalue weighted by molar-refractivity contribution is 0.0993. The smallest absolute Gasteiger partial charge is 0.261 e. The Labute approximate surface area is 115 Å². The second-order valence-electron chi connectivity index (χ2n) is 4.27. The SMILES string of the molecule is CN(C(=O)c1cnn(C)c1)c1ccccc1/C(N)=N/O. The van der Waals surface area contributed by atoms with E-state index < -0.39 is 0 Å². The van der Waals surface area contributed by atoms with Crippen LogP contribution in [0.4, 0.5) is 5.69 Å². The van der Waals surface area contributed by atoms with Gasteiger partial charge in [0.2, 0.25) is 0 Å². The summed E-state index contributed by atoms with van der Waals surface area (Å²) in [5.41, 5.74) is 7.12. The Morgan fingerprint density at radius 2 is 2.15 bits per heavy atom. The highest BCUT2D eigenvalue weighted by Gasteiger charge is 2.18. The van der Waals surface area contributed by atoms with E-state index in [9.17, 15) is 4.79 Å². The van der Waals surface area contributed by atoms with E-state index in [4.69, 9.17) is 10.9 Å². The monoisotopic (exact) mass is 273 g/mol. The van der Waals surface area contributed by atoms with Crippen molar-refractivity contribution in [3.8, 4) is 0 Å². The Kier molecular flexibility index (Phi) is 3.69. The van der Waals surface area contributed by atoms with Crippen molar-refractivity contribution in [3.05, 3.63) is 47.8 Å². The van der Waals surface area contributed by atoms with Crippen molar-refractivity contribution in [2.24, 2.45) is 17.9 Å². The molecular formula is C13H15N5O2. The maximum Gasteiger partial charge on any atom is 0.261 e. The fraction of sp³-hybridized carbons (Fsp3) is 0.154. The minimum atomic E-state index is -0.226. The van der Waals surface area contributed by atoms with Crippen LogP contribution in [0.15, 0.2) is 41.8 Å². The van der Waals surface area contributed by atoms with Crippen LogP contribution < -0.4 is 10.6 Å². The van der Waals surface area contributed by atoms with E-state index in [-0.39, 0.29) is 11.7 Å². The highest BCUT2D eigenvalue weighted by molar-refractivity contribution is 6.10. The van der Waals surface area contributed by atoms with Gasteiger partial charge in [0.05, 0.1) is 17.4 Å². The molecule has 20 heavy (non-hydrogen) atoms. The van der Waals surface area contributed by atoms with Crippen molar-refractivity contribution < 1.29 is 10.0 Å². The fourth-order valence-electron chi connectivity index (χ4n) is 1.87. The summed E-state index contributed by atoms with van der Waals surface area (Å²) < 4.78 is 1.55. The van der Waals surface area contributed by atoms with E-state index in [1.54, 1.807) is 49.2 Å². The molecule has 0 fully saturated rings. The number of aryl methyl sites for hydroxylation is 1. The third kappa shape index (κ3) is 2.46. The first-order valence-electron chi connectivity index (χ1n) is 5.88. The number of nitrogens with zero attached hydrogens (tertiary/aromatic N) is 4. The van der Waals surface area contributed by atoms with Crippen molar-refractivity contribution in [1.82, 2.24) is 9.78 Å². The minimum absolute atomic E-state index is 0.0496. The number of hydrogen-bond donors (Lipinski definition) is 2. The predicted molar refractivity (Wildman–Crippen MR) is 74.9 cm³/mol. The van der Waals surface area contributed by atoms with Crippen LogP contribution in [0, 0.1) is 0 Å². The van der Waals surface area contributed by atoms with Gasteiger partial charge in [-0.3, -0.25) is 9.48 Å². The van der Waals surface area contributed by atoms with Gasteiger partial charge in [0.1, 0.15) is 0 Å². The number of carbonyl (C=O) groups excluding carboxylic acids is 1. The van der Waals surface area contributed by atoms with E-state index in [2.05, 4.69) is 10.3 Å². The van der Waals surface area contributed by atoms with Crippen LogP contribution in [0.5, 0.6) is 0 Å². The molecule has 7 heteroatoms. The van der Waals surface area contributed by atoms with Crippen molar-refractivity contribution >= 4 is 17.4 Å². The zero-order valence-corrected chi connectivity index (χ0v) is 11.2. The normalized spacial score (nSPS) is 11.4. The highest BCUT2D eigenvalue weighted by atomic mass is 16.4. The van der Waals surface area contributed by atoms with Gasteiger partial charge in [0.15, 0.2) is 5.84 Å². The topological polar surface area (TPSA) is 96.7 Å². The zero-order chi connectivity index (χ0) is 14.7. The van der Waals surface area contributed by atoms with Gasteiger partial charge in [0, 0.05) is 25.9 Å². The van der Waals surface area contributed by atoms with Gasteiger partial charge in [-0.05, 0) is 12.1 Å². The van der Waals surface area contributed by atoms with Gasteiger partial charge in [-0.2, -0.15) is 5.10 Å². The predicted octanol–water partition coefficient (Wildman–Crippen LogP) is 0.791. The van der Waals surface area contributed by atoms with Crippen LogP contribution in [-0.4, -0.2) is 33.8 Å². The second-order valence-corrected chi connectivity index (χ2v) is 4.27. The van der Waals surface area contributed by atoms with E-state index in [0.717, 1.165) is 0 Å². The van der Waals surface area contributed by atoms with Crippen molar-refractivity contribution in [2.45, 2.75) is 0 Å². The summed E-state index contributed by atoms with van der Waals surface area (Å²) in [4.78, 5) is 13.8. The van der Waals surface area contributed by atoms with Crippen LogP contribution >= 0.6 is 0 Å². The number of amidine groups is 1. The number of aromatic nitrogens is 2. The maximum absolute atomic E-state index is 12.4. The van der Waals surface area contributed by atoms with E-state index in [1.807, 2.05) is 0 Å². The minimum Gasteiger partial charge on any atom is -0.409 e. The molecule has 0 saturated carbocycles. The quantitative estimate of drug-likeness (QED) is 0.374. The van der Waals surface area contributed by atoms with Crippen molar-refractivity contribution in [3.63, 3.8) is 0 Å². The average molecular weight is 273 g/mol. The molecule has 1 aromatic heterocycles. The van der Waals surface area contributed by atoms with Gasteiger partial charge in [-0.25, -0.2) is 0 Å². The molecule has 1 heterocycles. The molecule has 1 aromatic carbocycles. The van der Waals surface area contributed by atoms with Crippen LogP contribution in [0.1, 0.15) is 15.9 Å². The molecule has 7 nitrogen and oxygen atoms in total. The first-order valence-corrected chi connectivity index (χ1v) is 5.88. The molecule has 1 amide bonds. The first-order chi connectivity index (χ1) is 9.54. The number of anilines is 1. The standard InChI is InChI=1S/C13H15N5O2/c1-17-8-9(7-15-17)13(19)18(2)11-6-4-3-5-10(11)12(14)16-20/h3-8,20H,1-2H3,(H2,14,16). The molecular weight excluding hydrogens is 258 g/mol. The molecule has 0 spiro atoms. The second kappa shape index (κ2) is 5.43. The fourth-order valence-corrected chi connectivity index (χ4v) is 1.87. The molecule has 2 aromatic rings. The summed E-state index contributed by atoms with van der Waals surface area (Å²) in [6, 6.07) is 6.93. The zero-order valence-electron chi connectivity index (χ0n) is 11.2. The average Bonchev–Trinajstić information content (AvgIpc) is 2.91. The maximum atomic E-state index is 12.4. The molecule has 104 valence electrons. The molecule has 0 unspecified atom stereocenters. The largest absolute Gasteiger partial charge is 0.409 e. The molecule has 0 bridgehead atoms. The summed E-state index contributed by atoms with van der Waals surface area (Å²) in [6.45, 7) is 0. The molecule has 0 aliphatic carbocycles. The number of para-hydroxylation sites is 1. The lowest BCUT2D eigenvalue weighted by atomic mass is 10.1. The van der Waals surface area contributed by atoms with Gasteiger partial charge in [-0.1, -0.05) is 17.3 Å². The van der Waals surface area contributed by atoms with Gasteiger partial charge >= 0.3 is 0 Å². The van der Waals surface area contributed by atoms with Crippen molar-refractivity contribution in [2.75, 3.05) is 11.9 Å². The molecule has 0 atom stereocenters. The molecule has 0 aliphatic rings. The third-order valence-corrected chi connectivity index (χ3v) is 2.91. The Bertz CT molecular complexity index is 662. The van der Waals surface area contributed by atoms with Crippen LogP contribution in [-0.2, 0) is 7.05 Å². The lowest BCUT2D eigenvalue weighted by Gasteiger charge is -2.19. The number of benzene rings is 1. The summed E-state index contributed by atoms with van der Waals surface area (Å²) in [7, 11) is 3.36. The Morgan fingerprint density at radius 1 is 1.45 bits per heavy atom. The Balaban J connectivity index is 2.39. The summed E-state index contributed by atoms with van der Waals surface area (Å²) in [5.74, 6) is -0.275. The molecule has 2 rings (SSSR count). The molecule has 0 aliphatic heterocycles. The van der Waals surface area contributed by atoms with Crippen LogP contribution in [0.3, 0.4) is 0 Å². The van der Waals surface area contributed by atoms with E-state index in [1.165, 1.54) is 11.1 Å². The van der Waals surface area contributed by atoms with Gasteiger partial charge < -0.3 is 15.8 Å². The number of oxime groups is 1. The number of carbonyl (C=O) groups is 1. The Hall–Kier alpha value is -2.83. The lowest BCUT2D eigenvalue weighted by Crippen LogP contribution is -2.29. The highest BCUT2D eigenvalue weighted by Crippen LogP contribution is 2.20. The summed E-state index contributed by atoms with van der Waals surface area (Å²) in [5, 5.41) is 15.7. The van der Waals surface area contributed by atoms with E-state index >= 15 is 0 Å². The number of nitrogens with two attached hydrogens (primary N) is 1. The van der Waals surface area contributed by atoms with Crippen LogP contribution in [0.2, 0.25) is 0 Å². The first kappa shape index (κ1) is 13.6. The van der Waals surface area contributed by atoms with Crippen LogP contribution in [0.25, 0.3) is 0 Å². The molecule has 0 radical (unpaired) electrons. The number of amides is 1. The summed E-state index contributed by atoms with van der Waals surface area (Å²) in [6.07, 6.45) is 3.12. The Morgan fingerprint density at radius 3 is 2.75 bits per heavy atom. The molecule has 3 N–H and O–H groups in total. The number of rotatable bonds is 3. The van der Waals surface area contributed by atoms with Gasteiger partial charge in [-0.15, -0.1) is 0 Å². The number of hydrogen-bond acceptors (Lipinski definition) is 4. The molecule has 0 saturated heterocycles.